The van der Waals surface area contributed by atoms with Crippen LogP contribution < -0.4 is 0 Å². The van der Waals surface area contributed by atoms with Crippen molar-refractivity contribution in [1.82, 2.24) is 0 Å². The molecule has 3 rings (SSSR count). The van der Waals surface area contributed by atoms with Gasteiger partial charge in [0.1, 0.15) is 23.4 Å². The number of esters is 2. The number of carbonyl (C=O) groups excluding carboxylic acids is 2. The Balaban J connectivity index is 2.02. The minimum absolute atomic E-state index is 0.329. The highest BCUT2D eigenvalue weighted by Gasteiger charge is 2.39. The standard InChI is InChI=1S/C19H20O6/c1-5-10(2)18(21)24-14-9-15(19(3,4)22)25-17-11(14)6-7-13-12(17)8-16(20)23-13/h5,7-9,15,22H,6H2,1-4H3. The molecule has 0 fully saturated rings. The molecule has 0 spiro atoms. The average Bonchev–Trinajstić information content (AvgIpc) is 2.93. The van der Waals surface area contributed by atoms with Crippen molar-refractivity contribution >= 4 is 11.9 Å². The van der Waals surface area contributed by atoms with Crippen molar-refractivity contribution in [3.05, 3.63) is 58.3 Å². The lowest BCUT2D eigenvalue weighted by Crippen LogP contribution is -2.39. The van der Waals surface area contributed by atoms with Crippen LogP contribution in [0.3, 0.4) is 0 Å². The lowest BCUT2D eigenvalue weighted by atomic mass is 9.91. The summed E-state index contributed by atoms with van der Waals surface area (Å²) >= 11 is 0. The van der Waals surface area contributed by atoms with Gasteiger partial charge in [0.15, 0.2) is 0 Å². The predicted octanol–water partition coefficient (Wildman–Crippen LogP) is 2.57. The first-order valence-corrected chi connectivity index (χ1v) is 8.04. The summed E-state index contributed by atoms with van der Waals surface area (Å²) in [7, 11) is 0. The van der Waals surface area contributed by atoms with Crippen LogP contribution in [-0.2, 0) is 23.8 Å². The first kappa shape index (κ1) is 17.2. The smallest absolute Gasteiger partial charge is 0.338 e. The second kappa shape index (κ2) is 6.04. The van der Waals surface area contributed by atoms with Gasteiger partial charge in [-0.25, -0.2) is 9.59 Å². The van der Waals surface area contributed by atoms with E-state index in [9.17, 15) is 14.7 Å². The summed E-state index contributed by atoms with van der Waals surface area (Å²) < 4.78 is 16.6. The molecule has 132 valence electrons. The highest BCUT2D eigenvalue weighted by atomic mass is 16.6. The molecular formula is C19H20O6. The number of fused-ring (bicyclic) bond motifs is 2. The van der Waals surface area contributed by atoms with E-state index in [4.69, 9.17) is 14.2 Å². The number of allylic oxidation sites excluding steroid dienone is 3. The number of hydrogen-bond donors (Lipinski definition) is 1. The summed E-state index contributed by atoms with van der Waals surface area (Å²) in [5.41, 5.74) is 0.410. The minimum atomic E-state index is -1.21. The Labute approximate surface area is 145 Å². The van der Waals surface area contributed by atoms with Crippen molar-refractivity contribution < 1.29 is 28.9 Å². The van der Waals surface area contributed by atoms with Crippen molar-refractivity contribution in [3.8, 4) is 0 Å². The molecule has 6 heteroatoms. The Kier molecular flexibility index (Phi) is 4.16. The zero-order valence-corrected chi connectivity index (χ0v) is 14.6. The number of ether oxygens (including phenoxy) is 3. The monoisotopic (exact) mass is 344 g/mol. The number of rotatable bonds is 3. The molecule has 1 atom stereocenters. The molecule has 0 saturated carbocycles. The van der Waals surface area contributed by atoms with Gasteiger partial charge in [0.2, 0.25) is 0 Å². The third kappa shape index (κ3) is 3.17. The van der Waals surface area contributed by atoms with E-state index in [1.54, 1.807) is 45.9 Å². The first-order chi connectivity index (χ1) is 11.7. The molecule has 0 saturated heterocycles. The SMILES string of the molecule is CC=C(C)C(=O)OC1=CC(C(C)(C)O)OC2=C1CC=C1OC(=O)C=C12. The number of aliphatic hydroxyl groups is 1. The fourth-order valence-electron chi connectivity index (χ4n) is 2.65. The fourth-order valence-corrected chi connectivity index (χ4v) is 2.65. The average molecular weight is 344 g/mol. The van der Waals surface area contributed by atoms with Gasteiger partial charge in [-0.15, -0.1) is 0 Å². The van der Waals surface area contributed by atoms with E-state index in [-0.39, 0.29) is 0 Å². The van der Waals surface area contributed by atoms with Gasteiger partial charge in [-0.05, 0) is 33.8 Å². The van der Waals surface area contributed by atoms with Crippen LogP contribution in [0, 0.1) is 0 Å². The van der Waals surface area contributed by atoms with E-state index in [2.05, 4.69) is 0 Å². The maximum Gasteiger partial charge on any atom is 0.338 e. The summed E-state index contributed by atoms with van der Waals surface area (Å²) in [6, 6.07) is 0. The second-order valence-corrected chi connectivity index (χ2v) is 6.64. The molecule has 25 heavy (non-hydrogen) atoms. The van der Waals surface area contributed by atoms with E-state index in [1.807, 2.05) is 0 Å². The van der Waals surface area contributed by atoms with Crippen LogP contribution >= 0.6 is 0 Å². The molecule has 6 nitrogen and oxygen atoms in total. The Morgan fingerprint density at radius 3 is 2.80 bits per heavy atom. The molecule has 0 aromatic rings. The number of carbonyl (C=O) groups is 2. The Bertz CT molecular complexity index is 798. The maximum atomic E-state index is 12.2. The summed E-state index contributed by atoms with van der Waals surface area (Å²) in [6.45, 7) is 6.61. The van der Waals surface area contributed by atoms with Gasteiger partial charge >= 0.3 is 11.9 Å². The lowest BCUT2D eigenvalue weighted by Gasteiger charge is -2.35. The van der Waals surface area contributed by atoms with E-state index in [1.165, 1.54) is 6.08 Å². The van der Waals surface area contributed by atoms with Crippen LogP contribution in [0.4, 0.5) is 0 Å². The van der Waals surface area contributed by atoms with Crippen molar-refractivity contribution in [2.45, 2.75) is 45.8 Å². The largest absolute Gasteiger partial charge is 0.482 e. The predicted molar refractivity (Wildman–Crippen MR) is 88.7 cm³/mol. The van der Waals surface area contributed by atoms with Crippen molar-refractivity contribution in [3.63, 3.8) is 0 Å². The molecule has 2 heterocycles. The number of hydrogen-bond acceptors (Lipinski definition) is 6. The highest BCUT2D eigenvalue weighted by molar-refractivity contribution is 5.91. The van der Waals surface area contributed by atoms with E-state index >= 15 is 0 Å². The van der Waals surface area contributed by atoms with Gasteiger partial charge in [-0.2, -0.15) is 0 Å². The minimum Gasteiger partial charge on any atom is -0.482 e. The van der Waals surface area contributed by atoms with Crippen LogP contribution in [0.15, 0.2) is 58.3 Å². The van der Waals surface area contributed by atoms with Crippen LogP contribution in [0.25, 0.3) is 0 Å². The molecular weight excluding hydrogens is 324 g/mol. The van der Waals surface area contributed by atoms with Crippen LogP contribution in [0.5, 0.6) is 0 Å². The van der Waals surface area contributed by atoms with Crippen LogP contribution in [-0.4, -0.2) is 28.8 Å². The fraction of sp³-hybridized carbons (Fsp3) is 0.368. The molecule has 0 amide bonds. The molecule has 1 aliphatic carbocycles. The third-order valence-electron chi connectivity index (χ3n) is 4.25. The first-order valence-electron chi connectivity index (χ1n) is 8.04. The molecule has 3 aliphatic rings. The summed E-state index contributed by atoms with van der Waals surface area (Å²) in [5, 5.41) is 10.4. The van der Waals surface area contributed by atoms with E-state index in [0.717, 1.165) is 0 Å². The molecule has 1 N–H and O–H groups in total. The topological polar surface area (TPSA) is 82.1 Å². The van der Waals surface area contributed by atoms with Crippen molar-refractivity contribution in [2.75, 3.05) is 0 Å². The molecule has 0 aromatic carbocycles. The van der Waals surface area contributed by atoms with Gasteiger partial charge in [-0.3, -0.25) is 0 Å². The lowest BCUT2D eigenvalue weighted by molar-refractivity contribution is -0.135. The molecule has 2 aliphatic heterocycles. The van der Waals surface area contributed by atoms with E-state index in [0.29, 0.717) is 40.4 Å². The van der Waals surface area contributed by atoms with Gasteiger partial charge < -0.3 is 19.3 Å². The Morgan fingerprint density at radius 1 is 1.44 bits per heavy atom. The summed E-state index contributed by atoms with van der Waals surface area (Å²) in [5.74, 6) is 0.209. The summed E-state index contributed by atoms with van der Waals surface area (Å²) in [6.07, 6.45) is 5.99. The Morgan fingerprint density at radius 2 is 2.16 bits per heavy atom. The van der Waals surface area contributed by atoms with E-state index < -0.39 is 23.6 Å². The normalized spacial score (nSPS) is 22.9. The molecule has 0 aromatic heterocycles. The van der Waals surface area contributed by atoms with Crippen LogP contribution in [0.2, 0.25) is 0 Å². The highest BCUT2D eigenvalue weighted by Crippen LogP contribution is 2.42. The molecule has 0 bridgehead atoms. The van der Waals surface area contributed by atoms with Gasteiger partial charge in [0.05, 0.1) is 11.2 Å². The van der Waals surface area contributed by atoms with Gasteiger partial charge in [-0.1, -0.05) is 6.08 Å². The molecule has 1 unspecified atom stereocenters. The second-order valence-electron chi connectivity index (χ2n) is 6.64. The van der Waals surface area contributed by atoms with Gasteiger partial charge in [0.25, 0.3) is 0 Å². The quantitative estimate of drug-likeness (QED) is 0.626. The maximum absolute atomic E-state index is 12.2. The Hall–Kier alpha value is -2.60. The zero-order chi connectivity index (χ0) is 18.4. The third-order valence-corrected chi connectivity index (χ3v) is 4.25. The van der Waals surface area contributed by atoms with Gasteiger partial charge in [0, 0.05) is 29.7 Å². The van der Waals surface area contributed by atoms with Crippen molar-refractivity contribution in [2.24, 2.45) is 0 Å². The van der Waals surface area contributed by atoms with Crippen molar-refractivity contribution in [1.29, 1.82) is 0 Å². The van der Waals surface area contributed by atoms with Crippen LogP contribution in [0.1, 0.15) is 34.1 Å². The zero-order valence-electron chi connectivity index (χ0n) is 14.6. The summed E-state index contributed by atoms with van der Waals surface area (Å²) in [4.78, 5) is 23.8. The molecule has 0 radical (unpaired) electrons.